The van der Waals surface area contributed by atoms with Crippen LogP contribution in [0.1, 0.15) is 18.1 Å². The highest BCUT2D eigenvalue weighted by atomic mass is 35.5. The molecule has 0 radical (unpaired) electrons. The quantitative estimate of drug-likeness (QED) is 0.786. The molecule has 1 atom stereocenters. The maximum absolute atomic E-state index is 12.8. The highest BCUT2D eigenvalue weighted by Crippen LogP contribution is 2.34. The molecule has 8 heteroatoms. The summed E-state index contributed by atoms with van der Waals surface area (Å²) in [5.74, 6) is -0.162. The lowest BCUT2D eigenvalue weighted by Gasteiger charge is -2.29. The van der Waals surface area contributed by atoms with Crippen molar-refractivity contribution < 1.29 is 17.9 Å². The minimum Gasteiger partial charge on any atom is -0.495 e. The van der Waals surface area contributed by atoms with E-state index in [0.717, 1.165) is 21.7 Å². The summed E-state index contributed by atoms with van der Waals surface area (Å²) in [5, 5.41) is 3.13. The van der Waals surface area contributed by atoms with Crippen molar-refractivity contribution in [1.29, 1.82) is 0 Å². The molecule has 1 N–H and O–H groups in total. The van der Waals surface area contributed by atoms with Crippen molar-refractivity contribution in [2.45, 2.75) is 26.8 Å². The Morgan fingerprint density at radius 2 is 1.85 bits per heavy atom. The standard InChI is InChI=1S/C19H23ClN2O4S/c1-12-6-8-16(13(2)10-12)21-19(23)14(3)22(27(5,24)25)17-11-15(20)7-9-18(17)26-4/h6-11,14H,1-5H3,(H,21,23)/t14-/m1/s1. The number of ether oxygens (including phenoxy) is 1. The molecule has 0 unspecified atom stereocenters. The summed E-state index contributed by atoms with van der Waals surface area (Å²) in [6, 6.07) is 9.20. The fourth-order valence-electron chi connectivity index (χ4n) is 2.81. The topological polar surface area (TPSA) is 75.7 Å². The van der Waals surface area contributed by atoms with Crippen molar-refractivity contribution in [2.75, 3.05) is 23.0 Å². The summed E-state index contributed by atoms with van der Waals surface area (Å²) in [5.41, 5.74) is 2.79. The zero-order valence-electron chi connectivity index (χ0n) is 15.9. The van der Waals surface area contributed by atoms with Gasteiger partial charge in [0.15, 0.2) is 0 Å². The maximum Gasteiger partial charge on any atom is 0.248 e. The Hall–Kier alpha value is -2.25. The molecule has 0 saturated carbocycles. The van der Waals surface area contributed by atoms with Crippen LogP contribution in [0.25, 0.3) is 0 Å². The van der Waals surface area contributed by atoms with Crippen LogP contribution >= 0.6 is 11.6 Å². The van der Waals surface area contributed by atoms with Gasteiger partial charge in [0.05, 0.1) is 19.1 Å². The largest absolute Gasteiger partial charge is 0.495 e. The normalized spacial score (nSPS) is 12.4. The second-order valence-corrected chi connectivity index (χ2v) is 8.65. The van der Waals surface area contributed by atoms with Gasteiger partial charge in [0, 0.05) is 10.7 Å². The van der Waals surface area contributed by atoms with E-state index in [1.54, 1.807) is 18.2 Å². The van der Waals surface area contributed by atoms with E-state index in [9.17, 15) is 13.2 Å². The highest BCUT2D eigenvalue weighted by Gasteiger charge is 2.31. The van der Waals surface area contributed by atoms with Gasteiger partial charge in [-0.1, -0.05) is 29.3 Å². The molecular formula is C19H23ClN2O4S. The molecule has 0 aliphatic carbocycles. The van der Waals surface area contributed by atoms with Gasteiger partial charge >= 0.3 is 0 Å². The molecule has 0 aliphatic rings. The number of hydrogen-bond donors (Lipinski definition) is 1. The number of carbonyl (C=O) groups excluding carboxylic acids is 1. The number of benzene rings is 2. The minimum absolute atomic E-state index is 0.204. The van der Waals surface area contributed by atoms with Gasteiger partial charge in [-0.05, 0) is 50.6 Å². The predicted octanol–water partition coefficient (Wildman–Crippen LogP) is 3.76. The second kappa shape index (κ2) is 8.19. The minimum atomic E-state index is -3.79. The van der Waals surface area contributed by atoms with Gasteiger partial charge in [0.25, 0.3) is 0 Å². The molecule has 0 aromatic heterocycles. The van der Waals surface area contributed by atoms with E-state index in [0.29, 0.717) is 16.5 Å². The number of anilines is 2. The summed E-state index contributed by atoms with van der Waals surface area (Å²) in [7, 11) is -2.36. The van der Waals surface area contributed by atoms with Crippen LogP contribution in [0.3, 0.4) is 0 Å². The zero-order valence-corrected chi connectivity index (χ0v) is 17.5. The van der Waals surface area contributed by atoms with Crippen molar-refractivity contribution >= 4 is 38.9 Å². The number of nitrogens with one attached hydrogen (secondary N) is 1. The van der Waals surface area contributed by atoms with Crippen LogP contribution in [0, 0.1) is 13.8 Å². The third-order valence-corrected chi connectivity index (χ3v) is 5.57. The fourth-order valence-corrected chi connectivity index (χ4v) is 4.14. The Balaban J connectivity index is 2.42. The lowest BCUT2D eigenvalue weighted by molar-refractivity contribution is -0.116. The van der Waals surface area contributed by atoms with Crippen molar-refractivity contribution in [2.24, 2.45) is 0 Å². The lowest BCUT2D eigenvalue weighted by Crippen LogP contribution is -2.45. The van der Waals surface area contributed by atoms with Crippen molar-refractivity contribution in [3.63, 3.8) is 0 Å². The van der Waals surface area contributed by atoms with Gasteiger partial charge in [-0.2, -0.15) is 0 Å². The van der Waals surface area contributed by atoms with Gasteiger partial charge in [0.2, 0.25) is 15.9 Å². The molecule has 146 valence electrons. The first-order valence-corrected chi connectivity index (χ1v) is 10.5. The Kier molecular flexibility index (Phi) is 6.38. The van der Waals surface area contributed by atoms with Crippen LogP contribution in [0.2, 0.25) is 5.02 Å². The van der Waals surface area contributed by atoms with E-state index in [-0.39, 0.29) is 5.69 Å². The number of methoxy groups -OCH3 is 1. The van der Waals surface area contributed by atoms with Crippen molar-refractivity contribution in [3.05, 3.63) is 52.5 Å². The van der Waals surface area contributed by atoms with E-state index in [1.165, 1.54) is 20.1 Å². The maximum atomic E-state index is 12.8. The van der Waals surface area contributed by atoms with Gasteiger partial charge in [-0.15, -0.1) is 0 Å². The lowest BCUT2D eigenvalue weighted by atomic mass is 10.1. The monoisotopic (exact) mass is 410 g/mol. The molecule has 0 bridgehead atoms. The molecule has 0 saturated heterocycles. The number of nitrogens with zero attached hydrogens (tertiary/aromatic N) is 1. The number of aryl methyl sites for hydroxylation is 2. The number of halogens is 1. The molecule has 2 rings (SSSR count). The highest BCUT2D eigenvalue weighted by molar-refractivity contribution is 7.92. The summed E-state index contributed by atoms with van der Waals surface area (Å²) < 4.78 is 31.2. The molecular weight excluding hydrogens is 388 g/mol. The summed E-state index contributed by atoms with van der Waals surface area (Å²) in [6.45, 7) is 5.35. The predicted molar refractivity (Wildman–Crippen MR) is 109 cm³/mol. The molecule has 27 heavy (non-hydrogen) atoms. The van der Waals surface area contributed by atoms with E-state index in [1.807, 2.05) is 26.0 Å². The first-order chi connectivity index (χ1) is 12.5. The van der Waals surface area contributed by atoms with Crippen LogP contribution in [0.15, 0.2) is 36.4 Å². The first-order valence-electron chi connectivity index (χ1n) is 8.25. The summed E-state index contributed by atoms with van der Waals surface area (Å²) >= 11 is 6.04. The van der Waals surface area contributed by atoms with E-state index in [2.05, 4.69) is 5.32 Å². The van der Waals surface area contributed by atoms with Crippen LogP contribution in [0.4, 0.5) is 11.4 Å². The van der Waals surface area contributed by atoms with Crippen molar-refractivity contribution in [3.8, 4) is 5.75 Å². The molecule has 0 heterocycles. The summed E-state index contributed by atoms with van der Waals surface area (Å²) in [4.78, 5) is 12.8. The van der Waals surface area contributed by atoms with Gasteiger partial charge in [-0.25, -0.2) is 8.42 Å². The first kappa shape index (κ1) is 21.1. The van der Waals surface area contributed by atoms with Crippen LogP contribution in [0.5, 0.6) is 5.75 Å². The smallest absolute Gasteiger partial charge is 0.248 e. The SMILES string of the molecule is COc1ccc(Cl)cc1N([C@H](C)C(=O)Nc1ccc(C)cc1C)S(C)(=O)=O. The Labute approximate surface area is 165 Å². The molecule has 6 nitrogen and oxygen atoms in total. The molecule has 2 aromatic carbocycles. The van der Waals surface area contributed by atoms with Crippen molar-refractivity contribution in [1.82, 2.24) is 0 Å². The average molecular weight is 411 g/mol. The summed E-state index contributed by atoms with van der Waals surface area (Å²) in [6.07, 6.45) is 1.04. The average Bonchev–Trinajstić information content (AvgIpc) is 2.56. The number of sulfonamides is 1. The van der Waals surface area contributed by atoms with Crippen LogP contribution in [-0.4, -0.2) is 33.7 Å². The molecule has 0 fully saturated rings. The number of rotatable bonds is 6. The second-order valence-electron chi connectivity index (χ2n) is 6.36. The molecule has 2 aromatic rings. The number of amides is 1. The third kappa shape index (κ3) is 4.93. The van der Waals surface area contributed by atoms with E-state index in [4.69, 9.17) is 16.3 Å². The van der Waals surface area contributed by atoms with Gasteiger partial charge in [-0.3, -0.25) is 9.10 Å². The Bertz CT molecular complexity index is 960. The molecule has 0 spiro atoms. The molecule has 1 amide bonds. The van der Waals surface area contributed by atoms with Crippen LogP contribution in [-0.2, 0) is 14.8 Å². The number of carbonyl (C=O) groups is 1. The number of hydrogen-bond acceptors (Lipinski definition) is 4. The third-order valence-electron chi connectivity index (χ3n) is 4.11. The Morgan fingerprint density at radius 3 is 2.41 bits per heavy atom. The van der Waals surface area contributed by atoms with Gasteiger partial charge < -0.3 is 10.1 Å². The van der Waals surface area contributed by atoms with E-state index < -0.39 is 22.0 Å². The van der Waals surface area contributed by atoms with Gasteiger partial charge in [0.1, 0.15) is 11.8 Å². The van der Waals surface area contributed by atoms with Crippen LogP contribution < -0.4 is 14.4 Å². The molecule has 0 aliphatic heterocycles. The Morgan fingerprint density at radius 1 is 1.19 bits per heavy atom. The fraction of sp³-hybridized carbons (Fsp3) is 0.316. The zero-order chi connectivity index (χ0) is 20.4. The van der Waals surface area contributed by atoms with E-state index >= 15 is 0 Å².